The Balaban J connectivity index is 0.000000152. The highest BCUT2D eigenvalue weighted by molar-refractivity contribution is 8.07. The van der Waals surface area contributed by atoms with Crippen LogP contribution in [0.4, 0.5) is 17.5 Å². The van der Waals surface area contributed by atoms with E-state index in [1.54, 1.807) is 48.9 Å². The maximum absolute atomic E-state index is 12.9. The van der Waals surface area contributed by atoms with Gasteiger partial charge in [-0.2, -0.15) is 0 Å². The summed E-state index contributed by atoms with van der Waals surface area (Å²) in [7, 11) is -4.42. The van der Waals surface area contributed by atoms with Crippen molar-refractivity contribution in [2.24, 2.45) is 16.2 Å². The molecule has 6 aliphatic rings. The van der Waals surface area contributed by atoms with Crippen molar-refractivity contribution >= 4 is 77.3 Å². The predicted octanol–water partition coefficient (Wildman–Crippen LogP) is 9.61. The van der Waals surface area contributed by atoms with Gasteiger partial charge in [0.15, 0.2) is 53.1 Å². The minimum Gasteiger partial charge on any atom is -0.382 e. The molecule has 29 nitrogen and oxygen atoms in total. The highest BCUT2D eigenvalue weighted by Crippen LogP contribution is 2.61. The van der Waals surface area contributed by atoms with Crippen molar-refractivity contribution in [3.63, 3.8) is 0 Å². The van der Waals surface area contributed by atoms with Crippen LogP contribution in [0.3, 0.4) is 0 Å². The number of nitrogens with two attached hydrogens (primary N) is 3. The fourth-order valence-corrected chi connectivity index (χ4v) is 17.4. The number of hydrogen-bond acceptors (Lipinski definition) is 25. The Kier molecular flexibility index (Phi) is 18.9. The van der Waals surface area contributed by atoms with E-state index < -0.39 is 79.4 Å². The second-order valence-corrected chi connectivity index (χ2v) is 35.5. The molecule has 6 aromatic heterocycles. The van der Waals surface area contributed by atoms with Gasteiger partial charge in [-0.05, 0) is 110 Å². The lowest BCUT2D eigenvalue weighted by atomic mass is 9.76. The zero-order valence-electron chi connectivity index (χ0n) is 56.2. The van der Waals surface area contributed by atoms with Gasteiger partial charge in [-0.15, -0.1) is 0 Å². The molecule has 12 rings (SSSR count). The lowest BCUT2D eigenvalue weighted by molar-refractivity contribution is -0.195. The number of phosphoric acid groups is 1. The lowest BCUT2D eigenvalue weighted by Crippen LogP contribution is -2.54. The molecule has 0 aliphatic carbocycles. The maximum atomic E-state index is 12.9. The minimum atomic E-state index is -4.42. The first kappa shape index (κ1) is 70.2. The van der Waals surface area contributed by atoms with Crippen molar-refractivity contribution in [3.05, 3.63) is 38.0 Å². The molecule has 6 aromatic rings. The van der Waals surface area contributed by atoms with Gasteiger partial charge in [0.2, 0.25) is 0 Å². The van der Waals surface area contributed by atoms with Gasteiger partial charge in [0.25, 0.3) is 0 Å². The van der Waals surface area contributed by atoms with Crippen molar-refractivity contribution in [2.45, 2.75) is 252 Å². The number of imidazole rings is 3. The summed E-state index contributed by atoms with van der Waals surface area (Å²) in [6.45, 7) is 34.1. The zero-order valence-corrected chi connectivity index (χ0v) is 58.8. The zero-order chi connectivity index (χ0) is 67.4. The summed E-state index contributed by atoms with van der Waals surface area (Å²) in [5, 5.41) is 0. The molecule has 0 saturated carbocycles. The van der Waals surface area contributed by atoms with Gasteiger partial charge in [-0.3, -0.25) is 27.3 Å². The molecule has 14 atom stereocenters. The van der Waals surface area contributed by atoms with E-state index in [0.717, 1.165) is 12.8 Å². The second kappa shape index (κ2) is 24.8. The minimum absolute atomic E-state index is 0.0785. The van der Waals surface area contributed by atoms with E-state index in [1.807, 2.05) is 25.3 Å². The number of ether oxygens (including phenoxy) is 7. The van der Waals surface area contributed by atoms with Gasteiger partial charge in [0, 0.05) is 19.3 Å². The summed E-state index contributed by atoms with van der Waals surface area (Å²) in [6, 6.07) is 0. The average molecular weight is 1340 g/mol. The van der Waals surface area contributed by atoms with Gasteiger partial charge in [-0.1, -0.05) is 62.3 Å². The molecular weight excluding hydrogens is 1250 g/mol. The largest absolute Gasteiger partial charge is 0.473 e. The van der Waals surface area contributed by atoms with E-state index in [-0.39, 0.29) is 51.9 Å². The van der Waals surface area contributed by atoms with E-state index in [2.05, 4.69) is 128 Å². The number of anilines is 3. The normalized spacial score (nSPS) is 30.6. The SMILES string of the molecule is CC(C)(C)C[C@@]12CCOC([C@H](n3cnc4c(N)ncnc43)O1)[C@H]2OC(C)(C)C.CC(C)(C)C[C@@]12CCOC([C@H](n3cnc4c(N)ncnc43)O1)[C@H]2OP(=O)(O)OC(C)(C)C.CC(C)(C)C[C@@]12CCOC([C@H](n3cnc4c(N)ncnc43)O1)[C@H]2OP(O)(=S)OC(C)(C)C. The quantitative estimate of drug-likeness (QED) is 0.0671. The van der Waals surface area contributed by atoms with E-state index in [4.69, 9.17) is 80.3 Å². The van der Waals surface area contributed by atoms with E-state index in [9.17, 15) is 14.4 Å². The van der Waals surface area contributed by atoms with E-state index >= 15 is 0 Å². The molecule has 0 aromatic carbocycles. The summed E-state index contributed by atoms with van der Waals surface area (Å²) in [6.07, 6.45) is 8.36. The maximum Gasteiger partial charge on any atom is 0.473 e. The third-order valence-electron chi connectivity index (χ3n) is 16.1. The van der Waals surface area contributed by atoms with Crippen LogP contribution in [0.1, 0.15) is 182 Å². The highest BCUT2D eigenvalue weighted by Gasteiger charge is 2.65. The lowest BCUT2D eigenvalue weighted by Gasteiger charge is -2.44. The number of hydrogen-bond donors (Lipinski definition) is 5. The topological polar surface area (TPSA) is 368 Å². The molecule has 0 spiro atoms. The molecule has 12 heterocycles. The fraction of sp³-hybridized carbons (Fsp3) is 0.750. The number of aromatic nitrogens is 12. The van der Waals surface area contributed by atoms with Crippen LogP contribution in [-0.4, -0.2) is 158 Å². The molecule has 92 heavy (non-hydrogen) atoms. The molecule has 32 heteroatoms. The van der Waals surface area contributed by atoms with Gasteiger partial charge >= 0.3 is 14.5 Å². The van der Waals surface area contributed by atoms with Gasteiger partial charge < -0.3 is 64.7 Å². The van der Waals surface area contributed by atoms with Crippen molar-refractivity contribution in [3.8, 4) is 0 Å². The Morgan fingerprint density at radius 1 is 0.489 bits per heavy atom. The standard InChI is InChI=1S/C20H32N5O6P.C20H32N5O5PS.C20H31N5O3/c1-18(2,3)9-20-7-8-28-13(14(20)30-32(26,27)31-19(4,5)6)17(29-20)25-11-24-12-15(21)22-10-23-16(12)25;1-18(2,3)9-20-7-8-27-13(14(20)29-31(26,32)30-19(4,5)6)17(28-20)25-11-24-12-15(21)22-10-23-16(12)25;1-18(2,3)9-20-7-8-26-13(14(20)27-19(4,5)6)17(28-20)25-11-24-12-15(21)22-10-23-16(12)25/h10-11,13-14,17H,7-9H2,1-6H3,(H,26,27)(H2,21,22,23);10-11,13-14,17H,7-9H2,1-6H3,(H,26,32)(H2,21,22,23);10-11,13-14,17H,7-9H2,1-6H3,(H2,21,22,23)/t13?,14-,17-,20-;13?,14-,17-,20-,31?;13?,14-,17-,20-/m111/s1. The summed E-state index contributed by atoms with van der Waals surface area (Å²) in [4.78, 5) is 59.7. The van der Waals surface area contributed by atoms with Crippen molar-refractivity contribution < 1.29 is 65.6 Å². The number of nitrogen functional groups attached to an aromatic ring is 3. The summed E-state index contributed by atoms with van der Waals surface area (Å²) >= 11 is 5.38. The Labute approximate surface area is 542 Å². The monoisotopic (exact) mass is 1340 g/mol. The number of nitrogens with zero attached hydrogens (tertiary/aromatic N) is 12. The van der Waals surface area contributed by atoms with Crippen LogP contribution >= 0.6 is 14.5 Å². The van der Waals surface area contributed by atoms with Gasteiger partial charge in [-0.25, -0.2) is 49.4 Å². The Hall–Kier alpha value is -4.59. The first-order valence-electron chi connectivity index (χ1n) is 31.2. The first-order valence-corrected chi connectivity index (χ1v) is 35.3. The van der Waals surface area contributed by atoms with E-state index in [1.165, 1.54) is 19.0 Å². The van der Waals surface area contributed by atoms with E-state index in [0.29, 0.717) is 84.8 Å². The van der Waals surface area contributed by atoms with Gasteiger partial charge in [0.05, 0.1) is 55.6 Å². The molecule has 5 unspecified atom stereocenters. The van der Waals surface area contributed by atoms with Crippen LogP contribution in [0.15, 0.2) is 38.0 Å². The smallest absolute Gasteiger partial charge is 0.382 e. The molecular formula is C60H95N15O14P2S. The summed E-state index contributed by atoms with van der Waals surface area (Å²) < 4.78 is 86.4. The predicted molar refractivity (Wildman–Crippen MR) is 345 cm³/mol. The van der Waals surface area contributed by atoms with Crippen molar-refractivity contribution in [1.82, 2.24) is 58.6 Å². The van der Waals surface area contributed by atoms with Crippen LogP contribution in [0.25, 0.3) is 33.5 Å². The third kappa shape index (κ3) is 15.3. The number of rotatable bonds is 13. The van der Waals surface area contributed by atoms with Crippen molar-refractivity contribution in [1.29, 1.82) is 0 Å². The third-order valence-corrected chi connectivity index (χ3v) is 19.1. The molecule has 6 saturated heterocycles. The van der Waals surface area contributed by atoms with Crippen LogP contribution in [0.5, 0.6) is 0 Å². The summed E-state index contributed by atoms with van der Waals surface area (Å²) in [5.41, 5.74) is 17.1. The average Bonchev–Trinajstić information content (AvgIpc) is 1.58. The Morgan fingerprint density at radius 2 is 0.804 bits per heavy atom. The molecule has 6 aliphatic heterocycles. The molecule has 6 bridgehead atoms. The Bertz CT molecular complexity index is 3560. The molecule has 0 amide bonds. The van der Waals surface area contributed by atoms with Crippen LogP contribution in [-0.2, 0) is 67.6 Å². The van der Waals surface area contributed by atoms with Crippen LogP contribution in [0.2, 0.25) is 0 Å². The molecule has 510 valence electrons. The molecule has 6 fully saturated rings. The molecule has 0 radical (unpaired) electrons. The van der Waals surface area contributed by atoms with Crippen LogP contribution in [0, 0.1) is 16.2 Å². The molecule has 8 N–H and O–H groups in total. The second-order valence-electron chi connectivity index (χ2n) is 31.5. The number of fused-ring (bicyclic) bond motifs is 9. The van der Waals surface area contributed by atoms with Gasteiger partial charge in [0.1, 0.15) is 89.0 Å². The van der Waals surface area contributed by atoms with Crippen molar-refractivity contribution in [2.75, 3.05) is 37.0 Å². The van der Waals surface area contributed by atoms with Crippen LogP contribution < -0.4 is 17.2 Å². The number of phosphoric ester groups is 1. The summed E-state index contributed by atoms with van der Waals surface area (Å²) in [5.74, 6) is 0.904. The first-order chi connectivity index (χ1) is 42.4. The highest BCUT2D eigenvalue weighted by atomic mass is 32.5. The Morgan fingerprint density at radius 3 is 1.12 bits per heavy atom. The fourth-order valence-electron chi connectivity index (χ4n) is 13.8.